The zero-order valence-corrected chi connectivity index (χ0v) is 11.4. The van der Waals surface area contributed by atoms with Crippen molar-refractivity contribution < 1.29 is 14.8 Å². The topological polar surface area (TPSA) is 97.4 Å². The molecule has 110 valence electrons. The van der Waals surface area contributed by atoms with Crippen LogP contribution in [0.15, 0.2) is 12.3 Å². The van der Waals surface area contributed by atoms with Crippen molar-refractivity contribution in [2.75, 3.05) is 6.54 Å². The van der Waals surface area contributed by atoms with Gasteiger partial charge < -0.3 is 15.0 Å². The number of amides is 1. The Hall–Kier alpha value is -1.89. The molecule has 7 heteroatoms. The van der Waals surface area contributed by atoms with Gasteiger partial charge in [0.25, 0.3) is 11.6 Å². The number of carbonyl (C=O) groups is 1. The van der Waals surface area contributed by atoms with Crippen LogP contribution in [-0.4, -0.2) is 33.2 Å². The Kier molecular flexibility index (Phi) is 4.39. The van der Waals surface area contributed by atoms with E-state index in [1.165, 1.54) is 12.3 Å². The maximum atomic E-state index is 12.1. The monoisotopic (exact) mass is 281 g/mol. The number of hydrogen-bond donors (Lipinski definition) is 2. The van der Waals surface area contributed by atoms with Crippen LogP contribution in [0.3, 0.4) is 0 Å². The van der Waals surface area contributed by atoms with Gasteiger partial charge >= 0.3 is 0 Å². The smallest absolute Gasteiger partial charge is 0.287 e. The lowest BCUT2D eigenvalue weighted by Gasteiger charge is -2.10. The van der Waals surface area contributed by atoms with E-state index in [-0.39, 0.29) is 17.6 Å². The van der Waals surface area contributed by atoms with Crippen molar-refractivity contribution in [3.8, 4) is 0 Å². The quantitative estimate of drug-likeness (QED) is 0.586. The van der Waals surface area contributed by atoms with E-state index >= 15 is 0 Å². The molecule has 1 aliphatic carbocycles. The molecule has 1 aliphatic rings. The van der Waals surface area contributed by atoms with E-state index in [0.29, 0.717) is 25.1 Å². The molecule has 0 aromatic carbocycles. The summed E-state index contributed by atoms with van der Waals surface area (Å²) in [5, 5.41) is 22.9. The summed E-state index contributed by atoms with van der Waals surface area (Å²) < 4.78 is 1.68. The van der Waals surface area contributed by atoms with Crippen molar-refractivity contribution in [1.82, 2.24) is 9.88 Å². The van der Waals surface area contributed by atoms with E-state index in [0.717, 1.165) is 12.8 Å². The molecule has 1 heterocycles. The summed E-state index contributed by atoms with van der Waals surface area (Å²) in [6, 6.07) is 1.51. The highest BCUT2D eigenvalue weighted by atomic mass is 16.6. The SMILES string of the molecule is CCC(O)CCNC(=O)c1cc([N+](=O)[O-])cn1C1CC1. The first-order valence-corrected chi connectivity index (χ1v) is 6.85. The van der Waals surface area contributed by atoms with Gasteiger partial charge in [0.1, 0.15) is 5.69 Å². The first-order chi connectivity index (χ1) is 9.52. The summed E-state index contributed by atoms with van der Waals surface area (Å²) in [4.78, 5) is 22.4. The van der Waals surface area contributed by atoms with Gasteiger partial charge in [-0.05, 0) is 25.7 Å². The molecule has 2 N–H and O–H groups in total. The van der Waals surface area contributed by atoms with Gasteiger partial charge in [0, 0.05) is 18.7 Å². The molecule has 1 amide bonds. The molecule has 1 unspecified atom stereocenters. The van der Waals surface area contributed by atoms with E-state index in [9.17, 15) is 20.0 Å². The second-order valence-electron chi connectivity index (χ2n) is 5.09. The Labute approximate surface area is 116 Å². The van der Waals surface area contributed by atoms with E-state index in [1.54, 1.807) is 4.57 Å². The van der Waals surface area contributed by atoms with Crippen molar-refractivity contribution in [3.05, 3.63) is 28.1 Å². The van der Waals surface area contributed by atoms with Crippen LogP contribution in [-0.2, 0) is 0 Å². The van der Waals surface area contributed by atoms with Crippen molar-refractivity contribution in [1.29, 1.82) is 0 Å². The second kappa shape index (κ2) is 6.04. The van der Waals surface area contributed by atoms with Crippen LogP contribution in [0.5, 0.6) is 0 Å². The number of nitrogens with one attached hydrogen (secondary N) is 1. The average Bonchev–Trinajstić information content (AvgIpc) is 3.16. The molecule has 0 bridgehead atoms. The Bertz CT molecular complexity index is 508. The van der Waals surface area contributed by atoms with Gasteiger partial charge in [-0.3, -0.25) is 14.9 Å². The molecular formula is C13H19N3O4. The molecule has 7 nitrogen and oxygen atoms in total. The minimum atomic E-state index is -0.490. The molecule has 0 radical (unpaired) electrons. The molecular weight excluding hydrogens is 262 g/mol. The zero-order chi connectivity index (χ0) is 14.7. The number of aromatic nitrogens is 1. The van der Waals surface area contributed by atoms with E-state index in [4.69, 9.17) is 0 Å². The van der Waals surface area contributed by atoms with Crippen LogP contribution in [0.4, 0.5) is 5.69 Å². The Balaban J connectivity index is 2.03. The molecule has 2 rings (SSSR count). The van der Waals surface area contributed by atoms with Gasteiger partial charge in [-0.1, -0.05) is 6.92 Å². The summed E-state index contributed by atoms with van der Waals surface area (Å²) in [7, 11) is 0. The van der Waals surface area contributed by atoms with Crippen molar-refractivity contribution in [2.24, 2.45) is 0 Å². The molecule has 1 aromatic rings. The lowest BCUT2D eigenvalue weighted by molar-refractivity contribution is -0.384. The fourth-order valence-electron chi connectivity index (χ4n) is 2.05. The number of nitro groups is 1. The van der Waals surface area contributed by atoms with Gasteiger partial charge in [0.2, 0.25) is 0 Å². The fourth-order valence-corrected chi connectivity index (χ4v) is 2.05. The third-order valence-corrected chi connectivity index (χ3v) is 3.45. The van der Waals surface area contributed by atoms with Gasteiger partial charge in [0.05, 0.1) is 17.2 Å². The van der Waals surface area contributed by atoms with Crippen LogP contribution < -0.4 is 5.32 Å². The zero-order valence-electron chi connectivity index (χ0n) is 11.4. The molecule has 0 spiro atoms. The standard InChI is InChI=1S/C13H19N3O4/c1-2-11(17)5-6-14-13(18)12-7-10(16(19)20)8-15(12)9-3-4-9/h7-9,11,17H,2-6H2,1H3,(H,14,18). The molecule has 0 aliphatic heterocycles. The van der Waals surface area contributed by atoms with Crippen LogP contribution in [0.25, 0.3) is 0 Å². The van der Waals surface area contributed by atoms with Crippen LogP contribution in [0.1, 0.15) is 49.1 Å². The number of aliphatic hydroxyl groups excluding tert-OH is 1. The molecule has 1 atom stereocenters. The van der Waals surface area contributed by atoms with Crippen LogP contribution in [0, 0.1) is 10.1 Å². The van der Waals surface area contributed by atoms with Gasteiger partial charge in [-0.15, -0.1) is 0 Å². The lowest BCUT2D eigenvalue weighted by Crippen LogP contribution is -2.28. The highest BCUT2D eigenvalue weighted by Gasteiger charge is 2.30. The summed E-state index contributed by atoms with van der Waals surface area (Å²) in [5.74, 6) is -0.326. The molecule has 20 heavy (non-hydrogen) atoms. The number of rotatable bonds is 7. The molecule has 0 saturated heterocycles. The van der Waals surface area contributed by atoms with Gasteiger partial charge in [-0.2, -0.15) is 0 Å². The minimum Gasteiger partial charge on any atom is -0.393 e. The number of carbonyl (C=O) groups excluding carboxylic acids is 1. The normalized spacial score (nSPS) is 15.9. The Morgan fingerprint density at radius 3 is 2.90 bits per heavy atom. The molecule has 1 aromatic heterocycles. The fraction of sp³-hybridized carbons (Fsp3) is 0.615. The number of aliphatic hydroxyl groups is 1. The van der Waals surface area contributed by atoms with Gasteiger partial charge in [-0.25, -0.2) is 0 Å². The Morgan fingerprint density at radius 1 is 1.65 bits per heavy atom. The van der Waals surface area contributed by atoms with Crippen molar-refractivity contribution in [2.45, 2.75) is 44.8 Å². The third-order valence-electron chi connectivity index (χ3n) is 3.45. The summed E-state index contributed by atoms with van der Waals surface area (Å²) in [6.45, 7) is 2.23. The first-order valence-electron chi connectivity index (χ1n) is 6.85. The lowest BCUT2D eigenvalue weighted by atomic mass is 10.2. The highest BCUT2D eigenvalue weighted by Crippen LogP contribution is 2.37. The van der Waals surface area contributed by atoms with E-state index in [2.05, 4.69) is 5.32 Å². The van der Waals surface area contributed by atoms with Gasteiger partial charge in [0.15, 0.2) is 0 Å². The maximum Gasteiger partial charge on any atom is 0.287 e. The van der Waals surface area contributed by atoms with E-state index in [1.807, 2.05) is 6.92 Å². The predicted octanol–water partition coefficient (Wildman–Crippen LogP) is 1.62. The Morgan fingerprint density at radius 2 is 2.35 bits per heavy atom. The van der Waals surface area contributed by atoms with Crippen LogP contribution in [0.2, 0.25) is 0 Å². The molecule has 1 saturated carbocycles. The highest BCUT2D eigenvalue weighted by molar-refractivity contribution is 5.93. The summed E-state index contributed by atoms with van der Waals surface area (Å²) in [6.07, 6.45) is 4.00. The minimum absolute atomic E-state index is 0.0596. The third kappa shape index (κ3) is 3.36. The largest absolute Gasteiger partial charge is 0.393 e. The summed E-state index contributed by atoms with van der Waals surface area (Å²) in [5.41, 5.74) is 0.265. The number of hydrogen-bond acceptors (Lipinski definition) is 4. The van der Waals surface area contributed by atoms with Crippen LogP contribution >= 0.6 is 0 Å². The predicted molar refractivity (Wildman–Crippen MR) is 72.6 cm³/mol. The molecule has 1 fully saturated rings. The number of nitrogens with zero attached hydrogens (tertiary/aromatic N) is 2. The van der Waals surface area contributed by atoms with Crippen molar-refractivity contribution in [3.63, 3.8) is 0 Å². The summed E-state index contributed by atoms with van der Waals surface area (Å²) >= 11 is 0. The first kappa shape index (κ1) is 14.5. The average molecular weight is 281 g/mol. The second-order valence-corrected chi connectivity index (χ2v) is 5.09. The maximum absolute atomic E-state index is 12.1. The van der Waals surface area contributed by atoms with E-state index < -0.39 is 11.0 Å². The van der Waals surface area contributed by atoms with Crippen molar-refractivity contribution >= 4 is 11.6 Å².